The second kappa shape index (κ2) is 9.24. The number of aryl methyl sites for hydroxylation is 1. The topological polar surface area (TPSA) is 64.4 Å². The molecule has 8 heteroatoms. The van der Waals surface area contributed by atoms with Crippen LogP contribution in [0.5, 0.6) is 5.75 Å². The van der Waals surface area contributed by atoms with Crippen molar-refractivity contribution in [1.82, 2.24) is 14.7 Å². The van der Waals surface area contributed by atoms with Gasteiger partial charge < -0.3 is 9.64 Å². The number of piperidine rings is 1. The van der Waals surface area contributed by atoms with E-state index in [-0.39, 0.29) is 17.6 Å². The zero-order valence-corrected chi connectivity index (χ0v) is 20.5. The Labute approximate surface area is 206 Å². The fraction of sp³-hybridized carbons (Fsp3) is 0.269. The second-order valence-electron chi connectivity index (χ2n) is 8.44. The second-order valence-corrected chi connectivity index (χ2v) is 9.88. The first-order chi connectivity index (χ1) is 16.5. The van der Waals surface area contributed by atoms with Crippen LogP contribution in [-0.4, -0.2) is 46.6 Å². The molecule has 174 valence electrons. The molecule has 3 heterocycles. The van der Waals surface area contributed by atoms with E-state index >= 15 is 0 Å². The molecule has 1 aliphatic rings. The first kappa shape index (κ1) is 22.6. The molecule has 0 bridgehead atoms. The lowest BCUT2D eigenvalue weighted by Crippen LogP contribution is -2.40. The fourth-order valence-electron chi connectivity index (χ4n) is 4.43. The summed E-state index contributed by atoms with van der Waals surface area (Å²) in [5.74, 6) is 0.790. The molecule has 0 N–H and O–H groups in total. The van der Waals surface area contributed by atoms with Crippen LogP contribution in [-0.2, 0) is 0 Å². The molecule has 0 radical (unpaired) electrons. The summed E-state index contributed by atoms with van der Waals surface area (Å²) in [6, 6.07) is 16.7. The minimum Gasteiger partial charge on any atom is -0.497 e. The molecule has 4 aromatic rings. The number of thiophene rings is 1. The highest BCUT2D eigenvalue weighted by atomic mass is 35.5. The maximum absolute atomic E-state index is 13.3. The van der Waals surface area contributed by atoms with Crippen molar-refractivity contribution in [2.24, 2.45) is 5.92 Å². The van der Waals surface area contributed by atoms with Gasteiger partial charge in [-0.2, -0.15) is 5.10 Å². The molecule has 34 heavy (non-hydrogen) atoms. The van der Waals surface area contributed by atoms with Crippen molar-refractivity contribution in [3.8, 4) is 11.4 Å². The smallest absolute Gasteiger partial charge is 0.264 e. The molecule has 1 aliphatic heterocycles. The molecule has 1 amide bonds. The predicted molar refractivity (Wildman–Crippen MR) is 135 cm³/mol. The van der Waals surface area contributed by atoms with Gasteiger partial charge in [0.2, 0.25) is 0 Å². The summed E-state index contributed by atoms with van der Waals surface area (Å²) >= 11 is 7.82. The van der Waals surface area contributed by atoms with E-state index in [1.165, 1.54) is 11.3 Å². The highest BCUT2D eigenvalue weighted by Crippen LogP contribution is 2.34. The van der Waals surface area contributed by atoms with Gasteiger partial charge in [-0.15, -0.1) is 11.3 Å². The molecule has 0 atom stereocenters. The van der Waals surface area contributed by atoms with Gasteiger partial charge in [0.1, 0.15) is 10.6 Å². The number of halogens is 1. The van der Waals surface area contributed by atoms with Gasteiger partial charge in [0, 0.05) is 30.0 Å². The molecular weight excluding hydrogens is 470 g/mol. The third kappa shape index (κ3) is 4.10. The number of rotatable bonds is 5. The summed E-state index contributed by atoms with van der Waals surface area (Å²) in [6.07, 6.45) is 1.32. The van der Waals surface area contributed by atoms with E-state index in [9.17, 15) is 9.59 Å². The van der Waals surface area contributed by atoms with Crippen molar-refractivity contribution in [3.63, 3.8) is 0 Å². The zero-order chi connectivity index (χ0) is 23.8. The molecule has 0 spiro atoms. The van der Waals surface area contributed by atoms with Crippen LogP contribution in [0.25, 0.3) is 15.9 Å². The number of ketones is 1. The van der Waals surface area contributed by atoms with Gasteiger partial charge in [-0.3, -0.25) is 9.59 Å². The third-order valence-corrected chi connectivity index (χ3v) is 7.78. The van der Waals surface area contributed by atoms with E-state index in [4.69, 9.17) is 16.3 Å². The van der Waals surface area contributed by atoms with Crippen LogP contribution in [0.4, 0.5) is 0 Å². The number of benzene rings is 2. The van der Waals surface area contributed by atoms with Crippen LogP contribution in [0.1, 0.15) is 38.6 Å². The van der Waals surface area contributed by atoms with Crippen molar-refractivity contribution in [1.29, 1.82) is 0 Å². The average molecular weight is 494 g/mol. The van der Waals surface area contributed by atoms with Gasteiger partial charge >= 0.3 is 0 Å². The number of methoxy groups -OCH3 is 1. The number of fused-ring (bicyclic) bond motifs is 1. The highest BCUT2D eigenvalue weighted by molar-refractivity contribution is 7.20. The Morgan fingerprint density at radius 2 is 1.79 bits per heavy atom. The van der Waals surface area contributed by atoms with Crippen LogP contribution in [0.3, 0.4) is 0 Å². The monoisotopic (exact) mass is 493 g/mol. The molecule has 0 saturated carbocycles. The van der Waals surface area contributed by atoms with E-state index in [0.29, 0.717) is 41.4 Å². The molecule has 1 saturated heterocycles. The number of ether oxygens (including phenoxy) is 1. The van der Waals surface area contributed by atoms with Crippen molar-refractivity contribution in [2.45, 2.75) is 19.8 Å². The fourth-order valence-corrected chi connectivity index (χ4v) is 5.79. The van der Waals surface area contributed by atoms with Crippen LogP contribution >= 0.6 is 22.9 Å². The average Bonchev–Trinajstić information content (AvgIpc) is 3.44. The Morgan fingerprint density at radius 1 is 1.09 bits per heavy atom. The van der Waals surface area contributed by atoms with Gasteiger partial charge in [-0.05, 0) is 62.2 Å². The molecule has 0 aliphatic carbocycles. The van der Waals surface area contributed by atoms with Gasteiger partial charge in [0.15, 0.2) is 5.78 Å². The number of para-hydroxylation sites is 1. The minimum atomic E-state index is -0.0733. The minimum absolute atomic E-state index is 0.00153. The van der Waals surface area contributed by atoms with Crippen LogP contribution < -0.4 is 4.74 Å². The first-order valence-electron chi connectivity index (χ1n) is 11.2. The maximum atomic E-state index is 13.3. The van der Waals surface area contributed by atoms with Crippen molar-refractivity contribution >= 4 is 44.8 Å². The molecular formula is C26H24ClN3O3S. The quantitative estimate of drug-likeness (QED) is 0.330. The molecule has 2 aromatic heterocycles. The lowest BCUT2D eigenvalue weighted by molar-refractivity contribution is 0.0654. The van der Waals surface area contributed by atoms with Crippen LogP contribution in [0, 0.1) is 12.8 Å². The van der Waals surface area contributed by atoms with E-state index in [0.717, 1.165) is 27.3 Å². The van der Waals surface area contributed by atoms with Gasteiger partial charge in [-0.1, -0.05) is 23.7 Å². The number of hydrogen-bond donors (Lipinski definition) is 0. The molecule has 6 nitrogen and oxygen atoms in total. The lowest BCUT2D eigenvalue weighted by atomic mass is 9.89. The van der Waals surface area contributed by atoms with Gasteiger partial charge in [0.05, 0.1) is 28.4 Å². The normalized spacial score (nSPS) is 14.5. The summed E-state index contributed by atoms with van der Waals surface area (Å²) in [5, 5.41) is 6.20. The molecule has 1 fully saturated rings. The number of amides is 1. The number of nitrogens with zero attached hydrogens (tertiary/aromatic N) is 3. The number of aromatic nitrogens is 2. The summed E-state index contributed by atoms with van der Waals surface area (Å²) in [7, 11) is 1.61. The Kier molecular flexibility index (Phi) is 6.15. The summed E-state index contributed by atoms with van der Waals surface area (Å²) < 4.78 is 6.99. The Balaban J connectivity index is 1.31. The number of carbonyl (C=O) groups is 2. The summed E-state index contributed by atoms with van der Waals surface area (Å²) in [4.78, 5) is 29.6. The molecule has 0 unspecified atom stereocenters. The van der Waals surface area contributed by atoms with Gasteiger partial charge in [0.25, 0.3) is 5.91 Å². The maximum Gasteiger partial charge on any atom is 0.264 e. The Morgan fingerprint density at radius 3 is 2.47 bits per heavy atom. The summed E-state index contributed by atoms with van der Waals surface area (Å²) in [6.45, 7) is 3.07. The number of carbonyl (C=O) groups excluding carboxylic acids is 2. The lowest BCUT2D eigenvalue weighted by Gasteiger charge is -2.31. The number of likely N-dealkylation sites (tertiary alicyclic amines) is 1. The van der Waals surface area contributed by atoms with Gasteiger partial charge in [-0.25, -0.2) is 4.68 Å². The zero-order valence-electron chi connectivity index (χ0n) is 19.0. The van der Waals surface area contributed by atoms with Crippen molar-refractivity contribution in [2.75, 3.05) is 20.2 Å². The van der Waals surface area contributed by atoms with E-state index < -0.39 is 0 Å². The van der Waals surface area contributed by atoms with E-state index in [1.54, 1.807) is 31.4 Å². The summed E-state index contributed by atoms with van der Waals surface area (Å²) in [5.41, 5.74) is 2.34. The van der Waals surface area contributed by atoms with Crippen LogP contribution in [0.15, 0.2) is 54.6 Å². The molecule has 2 aromatic carbocycles. The largest absolute Gasteiger partial charge is 0.497 e. The van der Waals surface area contributed by atoms with Crippen molar-refractivity contribution < 1.29 is 14.3 Å². The highest BCUT2D eigenvalue weighted by Gasteiger charge is 2.29. The van der Waals surface area contributed by atoms with Crippen LogP contribution in [0.2, 0.25) is 5.02 Å². The Hall–Kier alpha value is -3.16. The predicted octanol–water partition coefficient (Wildman–Crippen LogP) is 5.79. The standard InChI is InChI=1S/C26H24ClN3O3S/c1-16-20-15-23(34-26(20)30(28-16)22-6-4-3-5-21(22)27)25(32)29-13-11-18(12-14-29)24(31)17-7-9-19(33-2)10-8-17/h3-10,15,18H,11-14H2,1-2H3. The third-order valence-electron chi connectivity index (χ3n) is 6.36. The number of hydrogen-bond acceptors (Lipinski definition) is 5. The molecule has 5 rings (SSSR count). The van der Waals surface area contributed by atoms with E-state index in [2.05, 4.69) is 5.10 Å². The SMILES string of the molecule is COc1ccc(C(=O)C2CCN(C(=O)c3cc4c(C)nn(-c5ccccc5Cl)c4s3)CC2)cc1. The van der Waals surface area contributed by atoms with Crippen molar-refractivity contribution in [3.05, 3.63) is 75.8 Å². The van der Waals surface area contributed by atoms with E-state index in [1.807, 2.05) is 46.8 Å². The Bertz CT molecular complexity index is 1370. The number of Topliss-reactive ketones (excluding diaryl/α,β-unsaturated/α-hetero) is 1. The first-order valence-corrected chi connectivity index (χ1v) is 12.4.